The average Bonchev–Trinajstić information content (AvgIpc) is 2.89. The van der Waals surface area contributed by atoms with Gasteiger partial charge in [0.1, 0.15) is 6.54 Å². The molecule has 0 radical (unpaired) electrons. The maximum Gasteiger partial charge on any atom is 0.248 e. The summed E-state index contributed by atoms with van der Waals surface area (Å²) in [5.41, 5.74) is 3.11. The van der Waals surface area contributed by atoms with Crippen LogP contribution in [0.3, 0.4) is 0 Å². The molecule has 0 saturated heterocycles. The number of anilines is 2. The van der Waals surface area contributed by atoms with Gasteiger partial charge in [-0.05, 0) is 49.6 Å². The summed E-state index contributed by atoms with van der Waals surface area (Å²) in [6.45, 7) is 3.49. The first kappa shape index (κ1) is 18.7. The second-order valence-corrected chi connectivity index (χ2v) is 8.99. The highest BCUT2D eigenvalue weighted by Gasteiger charge is 2.33. The van der Waals surface area contributed by atoms with E-state index < -0.39 is 10.0 Å². The van der Waals surface area contributed by atoms with Gasteiger partial charge in [0.2, 0.25) is 15.9 Å². The summed E-state index contributed by atoms with van der Waals surface area (Å²) < 4.78 is 25.9. The lowest BCUT2D eigenvalue weighted by Gasteiger charge is -2.28. The summed E-state index contributed by atoms with van der Waals surface area (Å²) in [5.74, 6) is -0.257. The van der Waals surface area contributed by atoms with Crippen LogP contribution in [0.1, 0.15) is 18.1 Å². The fraction of sp³-hybridized carbons (Fsp3) is 0.316. The van der Waals surface area contributed by atoms with Gasteiger partial charge in [-0.15, -0.1) is 0 Å². The van der Waals surface area contributed by atoms with E-state index in [-0.39, 0.29) is 18.5 Å². The third-order valence-electron chi connectivity index (χ3n) is 4.60. The molecule has 138 valence electrons. The number of amides is 1. The Labute approximate surface area is 159 Å². The van der Waals surface area contributed by atoms with Crippen molar-refractivity contribution in [3.05, 3.63) is 58.6 Å². The minimum Gasteiger partial charge on any atom is -0.307 e. The monoisotopic (exact) mass is 392 g/mol. The van der Waals surface area contributed by atoms with E-state index in [1.54, 1.807) is 30.0 Å². The number of hydrogen-bond donors (Lipinski definition) is 0. The number of benzene rings is 2. The van der Waals surface area contributed by atoms with E-state index in [0.29, 0.717) is 10.7 Å². The van der Waals surface area contributed by atoms with Crippen molar-refractivity contribution < 1.29 is 13.2 Å². The van der Waals surface area contributed by atoms with Crippen LogP contribution in [-0.4, -0.2) is 33.2 Å². The predicted molar refractivity (Wildman–Crippen MR) is 105 cm³/mol. The van der Waals surface area contributed by atoms with Crippen LogP contribution >= 0.6 is 11.6 Å². The first-order valence-corrected chi connectivity index (χ1v) is 10.5. The summed E-state index contributed by atoms with van der Waals surface area (Å²) in [5, 5.41) is 0.423. The topological polar surface area (TPSA) is 57.7 Å². The number of hydrogen-bond acceptors (Lipinski definition) is 3. The van der Waals surface area contributed by atoms with E-state index in [9.17, 15) is 13.2 Å². The molecule has 1 heterocycles. The van der Waals surface area contributed by atoms with Gasteiger partial charge in [-0.3, -0.25) is 9.10 Å². The average molecular weight is 393 g/mol. The van der Waals surface area contributed by atoms with Gasteiger partial charge in [0.25, 0.3) is 0 Å². The molecule has 1 amide bonds. The zero-order valence-corrected chi connectivity index (χ0v) is 16.5. The molecule has 0 aliphatic carbocycles. The van der Waals surface area contributed by atoms with Gasteiger partial charge < -0.3 is 4.90 Å². The maximum atomic E-state index is 13.0. The van der Waals surface area contributed by atoms with Crippen molar-refractivity contribution in [2.75, 3.05) is 22.0 Å². The van der Waals surface area contributed by atoms with Gasteiger partial charge in [0.15, 0.2) is 0 Å². The molecule has 1 aliphatic heterocycles. The Morgan fingerprint density at radius 3 is 2.65 bits per heavy atom. The summed E-state index contributed by atoms with van der Waals surface area (Å²) >= 11 is 6.05. The fourth-order valence-electron chi connectivity index (χ4n) is 3.38. The molecule has 1 aliphatic rings. The Hall–Kier alpha value is -2.05. The van der Waals surface area contributed by atoms with E-state index >= 15 is 0 Å². The van der Waals surface area contributed by atoms with E-state index in [1.165, 1.54) is 0 Å². The largest absolute Gasteiger partial charge is 0.307 e. The number of para-hydroxylation sites is 1. The van der Waals surface area contributed by atoms with E-state index in [0.717, 1.165) is 33.8 Å². The van der Waals surface area contributed by atoms with Crippen molar-refractivity contribution in [3.63, 3.8) is 0 Å². The smallest absolute Gasteiger partial charge is 0.248 e. The highest BCUT2D eigenvalue weighted by Crippen LogP contribution is 2.33. The molecule has 0 saturated carbocycles. The zero-order valence-electron chi connectivity index (χ0n) is 14.9. The number of sulfonamides is 1. The Kier molecular flexibility index (Phi) is 4.99. The Morgan fingerprint density at radius 1 is 1.27 bits per heavy atom. The maximum absolute atomic E-state index is 13.0. The lowest BCUT2D eigenvalue weighted by molar-refractivity contribution is -0.117. The number of halogens is 1. The molecule has 1 unspecified atom stereocenters. The van der Waals surface area contributed by atoms with Crippen LogP contribution < -0.4 is 9.21 Å². The van der Waals surface area contributed by atoms with Gasteiger partial charge >= 0.3 is 0 Å². The van der Waals surface area contributed by atoms with Crippen molar-refractivity contribution >= 4 is 38.9 Å². The molecule has 0 N–H and O–H groups in total. The van der Waals surface area contributed by atoms with Crippen LogP contribution in [0.15, 0.2) is 42.5 Å². The Balaban J connectivity index is 1.96. The normalized spacial score (nSPS) is 16.5. The highest BCUT2D eigenvalue weighted by atomic mass is 35.5. The molecule has 5 nitrogen and oxygen atoms in total. The standard InChI is InChI=1S/C19H21ClN2O3S/c1-13-8-9-16(20)11-18(13)21(26(3,24)25)12-19(23)22-14(2)10-15-6-4-5-7-17(15)22/h4-9,11,14H,10,12H2,1-3H3. The van der Waals surface area contributed by atoms with E-state index in [4.69, 9.17) is 11.6 Å². The van der Waals surface area contributed by atoms with Crippen molar-refractivity contribution in [2.24, 2.45) is 0 Å². The van der Waals surface area contributed by atoms with Crippen LogP contribution in [-0.2, 0) is 21.2 Å². The zero-order chi connectivity index (χ0) is 19.1. The van der Waals surface area contributed by atoms with Gasteiger partial charge in [0, 0.05) is 16.8 Å². The van der Waals surface area contributed by atoms with Gasteiger partial charge in [-0.1, -0.05) is 35.9 Å². The van der Waals surface area contributed by atoms with Gasteiger partial charge in [0.05, 0.1) is 11.9 Å². The van der Waals surface area contributed by atoms with Crippen molar-refractivity contribution in [1.29, 1.82) is 0 Å². The van der Waals surface area contributed by atoms with Crippen molar-refractivity contribution in [1.82, 2.24) is 0 Å². The summed E-state index contributed by atoms with van der Waals surface area (Å²) in [4.78, 5) is 14.7. The van der Waals surface area contributed by atoms with Crippen LogP contribution in [0.4, 0.5) is 11.4 Å². The predicted octanol–water partition coefficient (Wildman–Crippen LogP) is 3.39. The van der Waals surface area contributed by atoms with Crippen LogP contribution in [0.2, 0.25) is 5.02 Å². The third kappa shape index (κ3) is 3.57. The molecule has 26 heavy (non-hydrogen) atoms. The molecule has 1 atom stereocenters. The lowest BCUT2D eigenvalue weighted by atomic mass is 10.1. The molecule has 0 bridgehead atoms. The van der Waals surface area contributed by atoms with Crippen LogP contribution in [0, 0.1) is 6.92 Å². The summed E-state index contributed by atoms with van der Waals surface area (Å²) in [7, 11) is -3.65. The molecule has 3 rings (SSSR count). The van der Waals surface area contributed by atoms with Gasteiger partial charge in [-0.2, -0.15) is 0 Å². The second-order valence-electron chi connectivity index (χ2n) is 6.65. The summed E-state index contributed by atoms with van der Waals surface area (Å²) in [6.07, 6.45) is 1.86. The molecule has 0 spiro atoms. The van der Waals surface area contributed by atoms with E-state index in [2.05, 4.69) is 0 Å². The molecule has 0 fully saturated rings. The van der Waals surface area contributed by atoms with E-state index in [1.807, 2.05) is 31.2 Å². The number of carbonyl (C=O) groups excluding carboxylic acids is 1. The highest BCUT2D eigenvalue weighted by molar-refractivity contribution is 7.92. The summed E-state index contributed by atoms with van der Waals surface area (Å²) in [6, 6.07) is 12.7. The molecule has 7 heteroatoms. The third-order valence-corrected chi connectivity index (χ3v) is 5.96. The molecular weight excluding hydrogens is 372 g/mol. The Morgan fingerprint density at radius 2 is 1.96 bits per heavy atom. The fourth-order valence-corrected chi connectivity index (χ4v) is 4.44. The minimum absolute atomic E-state index is 0.0123. The number of fused-ring (bicyclic) bond motifs is 1. The first-order valence-electron chi connectivity index (χ1n) is 8.32. The van der Waals surface area contributed by atoms with Gasteiger partial charge in [-0.25, -0.2) is 8.42 Å². The van der Waals surface area contributed by atoms with Crippen LogP contribution in [0.25, 0.3) is 0 Å². The quantitative estimate of drug-likeness (QED) is 0.801. The second kappa shape index (κ2) is 6.93. The number of nitrogens with zero attached hydrogens (tertiary/aromatic N) is 2. The molecular formula is C19H21ClN2O3S. The number of aryl methyl sites for hydroxylation is 1. The lowest BCUT2D eigenvalue weighted by Crippen LogP contribution is -2.45. The number of rotatable bonds is 4. The van der Waals surface area contributed by atoms with Crippen molar-refractivity contribution in [2.45, 2.75) is 26.3 Å². The Bertz CT molecular complexity index is 959. The SMILES string of the molecule is Cc1ccc(Cl)cc1N(CC(=O)N1c2ccccc2CC1C)S(C)(=O)=O. The minimum atomic E-state index is -3.65. The molecule has 2 aromatic carbocycles. The first-order chi connectivity index (χ1) is 12.2. The van der Waals surface area contributed by atoms with Crippen molar-refractivity contribution in [3.8, 4) is 0 Å². The molecule has 0 aromatic heterocycles. The van der Waals surface area contributed by atoms with Crippen LogP contribution in [0.5, 0.6) is 0 Å². The molecule has 2 aromatic rings. The number of carbonyl (C=O) groups is 1.